The van der Waals surface area contributed by atoms with E-state index in [0.717, 1.165) is 0 Å². The highest BCUT2D eigenvalue weighted by Gasteiger charge is 2.09. The zero-order chi connectivity index (χ0) is 12.3. The number of hydrogen-bond donors (Lipinski definition) is 1. The second-order valence-electron chi connectivity index (χ2n) is 3.25. The molecule has 0 aliphatic rings. The smallest absolute Gasteiger partial charge is 0.156 e. The molecule has 2 N–H and O–H groups in total. The predicted molar refractivity (Wildman–Crippen MR) is 71.7 cm³/mol. The standard InChI is InChI=1S/C12H9ClN2OS/c13-8-4-1-2-5-9(8)16-10-6-3-7-15-11(10)12(14)17/h1-7H,(H2,14,17). The first kappa shape index (κ1) is 11.8. The zero-order valence-electron chi connectivity index (χ0n) is 8.76. The molecule has 0 aliphatic carbocycles. The average Bonchev–Trinajstić information content (AvgIpc) is 2.32. The van der Waals surface area contributed by atoms with E-state index in [1.54, 1.807) is 30.5 Å². The zero-order valence-corrected chi connectivity index (χ0v) is 10.3. The molecule has 0 saturated carbocycles. The molecule has 1 heterocycles. The highest BCUT2D eigenvalue weighted by molar-refractivity contribution is 7.80. The summed E-state index contributed by atoms with van der Waals surface area (Å²) in [5.74, 6) is 1.03. The number of ether oxygens (including phenoxy) is 1. The fourth-order valence-corrected chi connectivity index (χ4v) is 1.63. The lowest BCUT2D eigenvalue weighted by atomic mass is 10.3. The second-order valence-corrected chi connectivity index (χ2v) is 4.09. The number of thiocarbonyl (C=S) groups is 1. The minimum absolute atomic E-state index is 0.188. The maximum absolute atomic E-state index is 6.00. The van der Waals surface area contributed by atoms with Crippen LogP contribution in [0.25, 0.3) is 0 Å². The maximum Gasteiger partial charge on any atom is 0.156 e. The highest BCUT2D eigenvalue weighted by atomic mass is 35.5. The van der Waals surface area contributed by atoms with Gasteiger partial charge in [0.1, 0.15) is 16.4 Å². The van der Waals surface area contributed by atoms with Crippen molar-refractivity contribution < 1.29 is 4.74 Å². The van der Waals surface area contributed by atoms with Crippen LogP contribution in [0.3, 0.4) is 0 Å². The van der Waals surface area contributed by atoms with E-state index >= 15 is 0 Å². The Balaban J connectivity index is 2.37. The van der Waals surface area contributed by atoms with Gasteiger partial charge in [-0.1, -0.05) is 36.0 Å². The van der Waals surface area contributed by atoms with Crippen molar-refractivity contribution in [1.29, 1.82) is 0 Å². The largest absolute Gasteiger partial charge is 0.453 e. The number of nitrogens with zero attached hydrogens (tertiary/aromatic N) is 1. The summed E-state index contributed by atoms with van der Waals surface area (Å²) in [5.41, 5.74) is 6.01. The molecule has 5 heteroatoms. The third-order valence-corrected chi connectivity index (χ3v) is 2.57. The molecule has 0 fully saturated rings. The van der Waals surface area contributed by atoms with E-state index in [1.807, 2.05) is 12.1 Å². The molecule has 86 valence electrons. The van der Waals surface area contributed by atoms with Crippen LogP contribution in [0, 0.1) is 0 Å². The molecule has 2 rings (SSSR count). The Morgan fingerprint density at radius 3 is 2.59 bits per heavy atom. The lowest BCUT2D eigenvalue weighted by Crippen LogP contribution is -2.12. The number of hydrogen-bond acceptors (Lipinski definition) is 3. The summed E-state index contributed by atoms with van der Waals surface area (Å²) in [6.45, 7) is 0. The van der Waals surface area contributed by atoms with E-state index in [4.69, 9.17) is 34.3 Å². The number of halogens is 1. The monoisotopic (exact) mass is 264 g/mol. The van der Waals surface area contributed by atoms with Crippen LogP contribution < -0.4 is 10.5 Å². The lowest BCUT2D eigenvalue weighted by Gasteiger charge is -2.09. The third kappa shape index (κ3) is 2.72. The molecule has 3 nitrogen and oxygen atoms in total. The van der Waals surface area contributed by atoms with E-state index in [9.17, 15) is 0 Å². The van der Waals surface area contributed by atoms with Crippen LogP contribution in [-0.4, -0.2) is 9.97 Å². The molecule has 1 aromatic carbocycles. The fourth-order valence-electron chi connectivity index (χ4n) is 1.30. The Morgan fingerprint density at radius 1 is 1.18 bits per heavy atom. The van der Waals surface area contributed by atoms with Crippen molar-refractivity contribution in [2.24, 2.45) is 5.73 Å². The van der Waals surface area contributed by atoms with Crippen LogP contribution >= 0.6 is 23.8 Å². The molecule has 0 saturated heterocycles. The third-order valence-electron chi connectivity index (χ3n) is 2.06. The minimum atomic E-state index is 0.188. The van der Waals surface area contributed by atoms with Gasteiger partial charge in [0.05, 0.1) is 5.02 Å². The van der Waals surface area contributed by atoms with Crippen LogP contribution in [0.5, 0.6) is 11.5 Å². The van der Waals surface area contributed by atoms with Crippen LogP contribution in [0.4, 0.5) is 0 Å². The summed E-state index contributed by atoms with van der Waals surface area (Å²) in [4.78, 5) is 4.26. The Hall–Kier alpha value is -1.65. The first-order chi connectivity index (χ1) is 8.18. The van der Waals surface area contributed by atoms with E-state index in [1.165, 1.54) is 0 Å². The van der Waals surface area contributed by atoms with Gasteiger partial charge in [0.15, 0.2) is 5.75 Å². The van der Waals surface area contributed by atoms with Crippen molar-refractivity contribution >= 4 is 28.8 Å². The molecule has 0 bridgehead atoms. The van der Waals surface area contributed by atoms with E-state index in [2.05, 4.69) is 4.98 Å². The normalized spacial score (nSPS) is 9.94. The second kappa shape index (κ2) is 5.12. The molecule has 0 unspecified atom stereocenters. The summed E-state index contributed by atoms with van der Waals surface area (Å²) in [5, 5.41) is 0.519. The molecule has 0 amide bonds. The number of pyridine rings is 1. The van der Waals surface area contributed by atoms with Crippen molar-refractivity contribution in [2.75, 3.05) is 0 Å². The summed E-state index contributed by atoms with van der Waals surface area (Å²) in [6, 6.07) is 10.6. The topological polar surface area (TPSA) is 48.1 Å². The fraction of sp³-hybridized carbons (Fsp3) is 0. The SMILES string of the molecule is NC(=S)c1ncccc1Oc1ccccc1Cl. The molecule has 0 atom stereocenters. The van der Waals surface area contributed by atoms with Crippen LogP contribution in [0.1, 0.15) is 5.69 Å². The van der Waals surface area contributed by atoms with Gasteiger partial charge >= 0.3 is 0 Å². The molecule has 1 aromatic heterocycles. The molecular formula is C12H9ClN2OS. The Kier molecular flexibility index (Phi) is 3.56. The van der Waals surface area contributed by atoms with Crippen LogP contribution in [0.2, 0.25) is 5.02 Å². The summed E-state index contributed by atoms with van der Waals surface area (Å²) in [6.07, 6.45) is 1.61. The van der Waals surface area contributed by atoms with Crippen molar-refractivity contribution in [3.05, 3.63) is 53.3 Å². The number of nitrogens with two attached hydrogens (primary N) is 1. The average molecular weight is 265 g/mol. The molecule has 17 heavy (non-hydrogen) atoms. The number of rotatable bonds is 3. The number of benzene rings is 1. The van der Waals surface area contributed by atoms with E-state index in [0.29, 0.717) is 22.2 Å². The quantitative estimate of drug-likeness (QED) is 0.865. The van der Waals surface area contributed by atoms with Crippen molar-refractivity contribution in [2.45, 2.75) is 0 Å². The number of para-hydroxylation sites is 1. The first-order valence-electron chi connectivity index (χ1n) is 4.85. The van der Waals surface area contributed by atoms with Gasteiger partial charge in [-0.2, -0.15) is 0 Å². The van der Waals surface area contributed by atoms with Crippen molar-refractivity contribution in [3.8, 4) is 11.5 Å². The van der Waals surface area contributed by atoms with Gasteiger partial charge in [-0.15, -0.1) is 0 Å². The minimum Gasteiger partial charge on any atom is -0.453 e. The van der Waals surface area contributed by atoms with Gasteiger partial charge < -0.3 is 10.5 Å². The van der Waals surface area contributed by atoms with Gasteiger partial charge in [0.25, 0.3) is 0 Å². The summed E-state index contributed by atoms with van der Waals surface area (Å²) < 4.78 is 5.64. The molecule has 2 aromatic rings. The molecule has 0 aliphatic heterocycles. The summed E-state index contributed by atoms with van der Waals surface area (Å²) in [7, 11) is 0. The summed E-state index contributed by atoms with van der Waals surface area (Å²) >= 11 is 10.9. The molecule has 0 spiro atoms. The van der Waals surface area contributed by atoms with Crippen LogP contribution in [0.15, 0.2) is 42.6 Å². The van der Waals surface area contributed by atoms with Gasteiger partial charge in [-0.05, 0) is 24.3 Å². The van der Waals surface area contributed by atoms with Gasteiger partial charge in [-0.3, -0.25) is 0 Å². The van der Waals surface area contributed by atoms with E-state index in [-0.39, 0.29) is 4.99 Å². The highest BCUT2D eigenvalue weighted by Crippen LogP contribution is 2.29. The first-order valence-corrected chi connectivity index (χ1v) is 5.64. The van der Waals surface area contributed by atoms with E-state index < -0.39 is 0 Å². The van der Waals surface area contributed by atoms with Gasteiger partial charge in [-0.25, -0.2) is 4.98 Å². The Bertz CT molecular complexity index is 560. The maximum atomic E-state index is 6.00. The van der Waals surface area contributed by atoms with Gasteiger partial charge in [0, 0.05) is 6.20 Å². The van der Waals surface area contributed by atoms with Crippen molar-refractivity contribution in [3.63, 3.8) is 0 Å². The van der Waals surface area contributed by atoms with Gasteiger partial charge in [0.2, 0.25) is 0 Å². The molecular weight excluding hydrogens is 256 g/mol. The Morgan fingerprint density at radius 2 is 1.88 bits per heavy atom. The van der Waals surface area contributed by atoms with Crippen molar-refractivity contribution in [1.82, 2.24) is 4.98 Å². The lowest BCUT2D eigenvalue weighted by molar-refractivity contribution is 0.479. The number of aromatic nitrogens is 1. The van der Waals surface area contributed by atoms with Crippen LogP contribution in [-0.2, 0) is 0 Å². The Labute approximate surface area is 109 Å². The predicted octanol–water partition coefficient (Wildman–Crippen LogP) is 3.16. The molecule has 0 radical (unpaired) electrons.